The summed E-state index contributed by atoms with van der Waals surface area (Å²) >= 11 is 0. The van der Waals surface area contributed by atoms with E-state index in [0.717, 1.165) is 12.8 Å². The smallest absolute Gasteiger partial charge is 0.323 e. The number of carbonyl (C=O) groups excluding carboxylic acids is 1. The van der Waals surface area contributed by atoms with E-state index in [1.54, 1.807) is 29.0 Å². The van der Waals surface area contributed by atoms with Crippen molar-refractivity contribution in [3.05, 3.63) is 12.3 Å². The molecule has 3 atom stereocenters. The summed E-state index contributed by atoms with van der Waals surface area (Å²) < 4.78 is 6.83. The van der Waals surface area contributed by atoms with E-state index in [1.807, 2.05) is 6.92 Å². The van der Waals surface area contributed by atoms with Gasteiger partial charge in [-0.2, -0.15) is 5.10 Å². The van der Waals surface area contributed by atoms with Crippen LogP contribution in [0.3, 0.4) is 0 Å². The molecule has 1 aromatic heterocycles. The van der Waals surface area contributed by atoms with Crippen molar-refractivity contribution >= 4 is 17.8 Å². The van der Waals surface area contributed by atoms with Gasteiger partial charge in [-0.3, -0.25) is 14.8 Å². The molecule has 1 saturated carbocycles. The normalized spacial score (nSPS) is 27.1. The van der Waals surface area contributed by atoms with Crippen LogP contribution in [0.1, 0.15) is 32.2 Å². The van der Waals surface area contributed by atoms with Crippen molar-refractivity contribution in [1.82, 2.24) is 14.7 Å². The predicted molar refractivity (Wildman–Crippen MR) is 86.8 cm³/mol. The lowest BCUT2D eigenvalue weighted by atomic mass is 9.81. The predicted octanol–water partition coefficient (Wildman–Crippen LogP) is 1.81. The van der Waals surface area contributed by atoms with Crippen molar-refractivity contribution in [3.8, 4) is 0 Å². The lowest BCUT2D eigenvalue weighted by Crippen LogP contribution is -2.38. The first-order chi connectivity index (χ1) is 11.5. The fourth-order valence-electron chi connectivity index (χ4n) is 3.95. The van der Waals surface area contributed by atoms with Crippen LogP contribution < -0.4 is 5.32 Å². The Morgan fingerprint density at radius 3 is 3.04 bits per heavy atom. The fraction of sp³-hybridized carbons (Fsp3) is 0.688. The molecular weight excluding hydrogens is 312 g/mol. The molecule has 0 radical (unpaired) electrons. The van der Waals surface area contributed by atoms with E-state index in [0.29, 0.717) is 25.4 Å². The number of fused-ring (bicyclic) bond motifs is 1. The summed E-state index contributed by atoms with van der Waals surface area (Å²) in [6.45, 7) is 3.28. The van der Waals surface area contributed by atoms with E-state index < -0.39 is 11.4 Å². The van der Waals surface area contributed by atoms with E-state index in [4.69, 9.17) is 4.74 Å². The second kappa shape index (κ2) is 6.43. The summed E-state index contributed by atoms with van der Waals surface area (Å²) in [5.41, 5.74) is -0.760. The van der Waals surface area contributed by atoms with Crippen LogP contribution in [0.25, 0.3) is 0 Å². The molecule has 2 aliphatic rings. The van der Waals surface area contributed by atoms with Gasteiger partial charge in [-0.15, -0.1) is 0 Å². The number of aliphatic carboxylic acids is 1. The Bertz CT molecular complexity index is 631. The molecule has 2 heterocycles. The third kappa shape index (κ3) is 2.86. The molecule has 1 aliphatic carbocycles. The summed E-state index contributed by atoms with van der Waals surface area (Å²) in [5.74, 6) is -0.262. The Labute approximate surface area is 140 Å². The van der Waals surface area contributed by atoms with Crippen molar-refractivity contribution in [2.45, 2.75) is 32.2 Å². The number of ether oxygens (including phenoxy) is 1. The summed E-state index contributed by atoms with van der Waals surface area (Å²) in [4.78, 5) is 25.8. The first-order valence-corrected chi connectivity index (χ1v) is 8.29. The number of carbonyl (C=O) groups is 2. The zero-order valence-electron chi connectivity index (χ0n) is 14.1. The monoisotopic (exact) mass is 336 g/mol. The Morgan fingerprint density at radius 2 is 2.38 bits per heavy atom. The number of methoxy groups -OCH3 is 1. The van der Waals surface area contributed by atoms with Crippen LogP contribution >= 0.6 is 0 Å². The largest absolute Gasteiger partial charge is 0.481 e. The maximum atomic E-state index is 12.5. The van der Waals surface area contributed by atoms with E-state index in [1.165, 1.54) is 0 Å². The molecule has 8 heteroatoms. The lowest BCUT2D eigenvalue weighted by Gasteiger charge is -2.23. The number of amides is 2. The summed E-state index contributed by atoms with van der Waals surface area (Å²) in [6.07, 6.45) is 4.24. The number of hydrogen-bond acceptors (Lipinski definition) is 4. The van der Waals surface area contributed by atoms with Crippen molar-refractivity contribution in [1.29, 1.82) is 0 Å². The van der Waals surface area contributed by atoms with E-state index in [-0.39, 0.29) is 24.5 Å². The van der Waals surface area contributed by atoms with E-state index >= 15 is 0 Å². The average Bonchev–Trinajstić information content (AvgIpc) is 3.20. The SMILES string of the molecule is COCC(C)n1ccc(NC(=O)N2C[C@@H]3CCC[C@@]3(C(=O)O)C2)n1. The minimum absolute atomic E-state index is 0.0556. The van der Waals surface area contributed by atoms with Crippen molar-refractivity contribution in [2.24, 2.45) is 11.3 Å². The fourth-order valence-corrected chi connectivity index (χ4v) is 3.95. The molecule has 0 spiro atoms. The van der Waals surface area contributed by atoms with Gasteiger partial charge in [0.15, 0.2) is 5.82 Å². The molecule has 1 aromatic rings. The van der Waals surface area contributed by atoms with Gasteiger partial charge < -0.3 is 14.7 Å². The number of nitrogens with zero attached hydrogens (tertiary/aromatic N) is 3. The minimum Gasteiger partial charge on any atom is -0.481 e. The Balaban J connectivity index is 1.63. The zero-order valence-corrected chi connectivity index (χ0v) is 14.1. The van der Waals surface area contributed by atoms with Crippen LogP contribution in [0.4, 0.5) is 10.6 Å². The molecule has 1 unspecified atom stereocenters. The number of rotatable bonds is 5. The second-order valence-electron chi connectivity index (χ2n) is 6.85. The van der Waals surface area contributed by atoms with Crippen LogP contribution in [0, 0.1) is 11.3 Å². The molecule has 1 saturated heterocycles. The zero-order chi connectivity index (χ0) is 17.3. The third-order valence-electron chi connectivity index (χ3n) is 5.29. The number of aromatic nitrogens is 2. The molecule has 24 heavy (non-hydrogen) atoms. The van der Waals surface area contributed by atoms with Gasteiger partial charge in [-0.1, -0.05) is 6.42 Å². The average molecular weight is 336 g/mol. The molecule has 0 bridgehead atoms. The van der Waals surface area contributed by atoms with Crippen LogP contribution in [0.5, 0.6) is 0 Å². The van der Waals surface area contributed by atoms with E-state index in [2.05, 4.69) is 10.4 Å². The molecule has 1 aliphatic heterocycles. The summed E-state index contributed by atoms with van der Waals surface area (Å²) in [7, 11) is 1.63. The Kier molecular flexibility index (Phi) is 4.49. The van der Waals surface area contributed by atoms with Gasteiger partial charge in [0.05, 0.1) is 18.1 Å². The first-order valence-electron chi connectivity index (χ1n) is 8.29. The second-order valence-corrected chi connectivity index (χ2v) is 6.85. The van der Waals surface area contributed by atoms with Crippen molar-refractivity contribution in [3.63, 3.8) is 0 Å². The highest BCUT2D eigenvalue weighted by molar-refractivity contribution is 5.89. The van der Waals surface area contributed by atoms with Gasteiger partial charge in [0.2, 0.25) is 0 Å². The lowest BCUT2D eigenvalue weighted by molar-refractivity contribution is -0.149. The Morgan fingerprint density at radius 1 is 1.58 bits per heavy atom. The van der Waals surface area contributed by atoms with Gasteiger partial charge >= 0.3 is 12.0 Å². The maximum absolute atomic E-state index is 12.5. The van der Waals surface area contributed by atoms with Crippen LogP contribution in [0.15, 0.2) is 12.3 Å². The summed E-state index contributed by atoms with van der Waals surface area (Å²) in [5, 5.41) is 16.7. The number of hydrogen-bond donors (Lipinski definition) is 2. The van der Waals surface area contributed by atoms with Crippen molar-refractivity contribution < 1.29 is 19.4 Å². The summed E-state index contributed by atoms with van der Waals surface area (Å²) in [6, 6.07) is 1.52. The third-order valence-corrected chi connectivity index (χ3v) is 5.29. The highest BCUT2D eigenvalue weighted by atomic mass is 16.5. The molecule has 3 rings (SSSR count). The highest BCUT2D eigenvalue weighted by Gasteiger charge is 2.55. The van der Waals surface area contributed by atoms with Crippen LogP contribution in [0.2, 0.25) is 0 Å². The van der Waals surface area contributed by atoms with Gasteiger partial charge in [0.1, 0.15) is 0 Å². The van der Waals surface area contributed by atoms with Crippen LogP contribution in [-0.2, 0) is 9.53 Å². The number of anilines is 1. The number of nitrogens with one attached hydrogen (secondary N) is 1. The number of carboxylic acids is 1. The van der Waals surface area contributed by atoms with Gasteiger partial charge in [0.25, 0.3) is 0 Å². The molecule has 0 aromatic carbocycles. The molecule has 132 valence electrons. The number of carboxylic acid groups (broad SMARTS) is 1. The minimum atomic E-state index is -0.780. The molecule has 2 fully saturated rings. The van der Waals surface area contributed by atoms with Gasteiger partial charge in [0, 0.05) is 32.5 Å². The van der Waals surface area contributed by atoms with E-state index in [9.17, 15) is 14.7 Å². The number of urea groups is 1. The highest BCUT2D eigenvalue weighted by Crippen LogP contribution is 2.48. The molecule has 2 amide bonds. The number of likely N-dealkylation sites (tertiary alicyclic amines) is 1. The van der Waals surface area contributed by atoms with Crippen molar-refractivity contribution in [2.75, 3.05) is 32.1 Å². The first kappa shape index (κ1) is 16.8. The molecule has 2 N–H and O–H groups in total. The van der Waals surface area contributed by atoms with Gasteiger partial charge in [-0.25, -0.2) is 4.79 Å². The topological polar surface area (TPSA) is 96.7 Å². The molecular formula is C16H24N4O4. The standard InChI is InChI=1S/C16H24N4O4/c1-11(9-24-2)20-7-5-13(18-20)17-15(23)19-8-12-4-3-6-16(12,10-19)14(21)22/h5,7,11-12H,3-4,6,8-10H2,1-2H3,(H,21,22)(H,17,18,23)/t11?,12-,16+/m0/s1. The van der Waals surface area contributed by atoms with Gasteiger partial charge in [-0.05, 0) is 25.7 Å². The quantitative estimate of drug-likeness (QED) is 0.855. The van der Waals surface area contributed by atoms with Crippen LogP contribution in [-0.4, -0.2) is 58.6 Å². The maximum Gasteiger partial charge on any atom is 0.323 e. The Hall–Kier alpha value is -2.09. The molecule has 8 nitrogen and oxygen atoms in total.